The summed E-state index contributed by atoms with van der Waals surface area (Å²) in [6, 6.07) is 9.16. The Morgan fingerprint density at radius 2 is 2.27 bits per heavy atom. The zero-order chi connectivity index (χ0) is 9.54. The van der Waals surface area contributed by atoms with Crippen molar-refractivity contribution in [3.63, 3.8) is 0 Å². The van der Waals surface area contributed by atoms with Crippen LogP contribution in [0.15, 0.2) is 30.7 Å². The van der Waals surface area contributed by atoms with Crippen LogP contribution in [0, 0.1) is 13.0 Å². The predicted molar refractivity (Wildman–Crippen MR) is 54.1 cm³/mol. The van der Waals surface area contributed by atoms with E-state index in [0.29, 0.717) is 0 Å². The summed E-state index contributed by atoms with van der Waals surface area (Å²) >= 11 is 0. The molecular formula is C11H8N3Pt-. The van der Waals surface area contributed by atoms with Gasteiger partial charge in [-0.1, -0.05) is 10.9 Å². The quantitative estimate of drug-likeness (QED) is 0.561. The number of fused-ring (bicyclic) bond motifs is 3. The van der Waals surface area contributed by atoms with Crippen molar-refractivity contribution in [2.24, 2.45) is 0 Å². The first-order valence-corrected chi connectivity index (χ1v) is 4.45. The van der Waals surface area contributed by atoms with Gasteiger partial charge in [0.05, 0.1) is 5.65 Å². The Morgan fingerprint density at radius 1 is 1.40 bits per heavy atom. The van der Waals surface area contributed by atoms with Gasteiger partial charge in [0.1, 0.15) is 6.33 Å². The summed E-state index contributed by atoms with van der Waals surface area (Å²) in [5.41, 5.74) is 2.06. The van der Waals surface area contributed by atoms with Crippen LogP contribution in [0.5, 0.6) is 0 Å². The van der Waals surface area contributed by atoms with Crippen LogP contribution in [0.2, 0.25) is 0 Å². The fourth-order valence-corrected chi connectivity index (χ4v) is 1.73. The molecule has 3 rings (SSSR count). The van der Waals surface area contributed by atoms with Crippen LogP contribution in [-0.2, 0) is 21.1 Å². The molecule has 0 aliphatic carbocycles. The second-order valence-electron chi connectivity index (χ2n) is 3.30. The van der Waals surface area contributed by atoms with Gasteiger partial charge in [0.25, 0.3) is 0 Å². The van der Waals surface area contributed by atoms with Gasteiger partial charge in [0.2, 0.25) is 0 Å². The third-order valence-corrected chi connectivity index (χ3v) is 2.39. The number of nitrogens with zero attached hydrogens (tertiary/aromatic N) is 3. The molecule has 3 nitrogen and oxygen atoms in total. The van der Waals surface area contributed by atoms with E-state index in [2.05, 4.69) is 29.1 Å². The molecular weight excluding hydrogens is 369 g/mol. The number of pyridine rings is 1. The number of aryl methyl sites for hydroxylation is 1. The van der Waals surface area contributed by atoms with Crippen molar-refractivity contribution >= 4 is 16.4 Å². The van der Waals surface area contributed by atoms with E-state index in [9.17, 15) is 0 Å². The Labute approximate surface area is 101 Å². The molecule has 0 saturated heterocycles. The van der Waals surface area contributed by atoms with Gasteiger partial charge in [-0.15, -0.1) is 29.7 Å². The Morgan fingerprint density at radius 3 is 3.13 bits per heavy atom. The molecule has 2 aromatic heterocycles. The molecule has 0 amide bonds. The zero-order valence-electron chi connectivity index (χ0n) is 8.04. The Kier molecular flexibility index (Phi) is 2.57. The van der Waals surface area contributed by atoms with Crippen LogP contribution in [0.3, 0.4) is 0 Å². The van der Waals surface area contributed by atoms with Crippen LogP contribution < -0.4 is 0 Å². The summed E-state index contributed by atoms with van der Waals surface area (Å²) < 4.78 is 1.79. The van der Waals surface area contributed by atoms with Crippen LogP contribution in [0.25, 0.3) is 16.4 Å². The molecule has 1 aromatic carbocycles. The van der Waals surface area contributed by atoms with E-state index in [-0.39, 0.29) is 21.1 Å². The van der Waals surface area contributed by atoms with Crippen molar-refractivity contribution in [1.82, 2.24) is 14.6 Å². The fourth-order valence-electron chi connectivity index (χ4n) is 1.73. The van der Waals surface area contributed by atoms with Gasteiger partial charge in [-0.2, -0.15) is 5.10 Å². The summed E-state index contributed by atoms with van der Waals surface area (Å²) in [6.45, 7) is 2.07. The van der Waals surface area contributed by atoms with Gasteiger partial charge in [0.15, 0.2) is 0 Å². The number of rotatable bonds is 0. The molecule has 0 spiro atoms. The number of hydrogen-bond donors (Lipinski definition) is 0. The molecule has 0 fully saturated rings. The smallest absolute Gasteiger partial charge is 0.127 e. The number of hydrogen-bond acceptors (Lipinski definition) is 2. The van der Waals surface area contributed by atoms with Crippen molar-refractivity contribution in [3.8, 4) is 0 Å². The summed E-state index contributed by atoms with van der Waals surface area (Å²) in [5.74, 6) is 0. The van der Waals surface area contributed by atoms with Crippen molar-refractivity contribution in [2.45, 2.75) is 6.92 Å². The molecule has 15 heavy (non-hydrogen) atoms. The first-order valence-electron chi connectivity index (χ1n) is 4.45. The monoisotopic (exact) mass is 377 g/mol. The first kappa shape index (κ1) is 10.3. The Balaban J connectivity index is 0.000000853. The van der Waals surface area contributed by atoms with E-state index >= 15 is 0 Å². The van der Waals surface area contributed by atoms with Crippen molar-refractivity contribution in [1.29, 1.82) is 0 Å². The van der Waals surface area contributed by atoms with E-state index < -0.39 is 0 Å². The van der Waals surface area contributed by atoms with E-state index in [4.69, 9.17) is 0 Å². The van der Waals surface area contributed by atoms with E-state index in [1.807, 2.05) is 18.3 Å². The molecule has 0 atom stereocenters. The normalized spacial score (nSPS) is 10.5. The van der Waals surface area contributed by atoms with Gasteiger partial charge < -0.3 is 0 Å². The summed E-state index contributed by atoms with van der Waals surface area (Å²) in [7, 11) is 0. The molecule has 0 saturated carbocycles. The average molecular weight is 377 g/mol. The minimum atomic E-state index is 0. The summed E-state index contributed by atoms with van der Waals surface area (Å²) in [5, 5.41) is 6.34. The zero-order valence-corrected chi connectivity index (χ0v) is 10.3. The molecule has 0 unspecified atom stereocenters. The van der Waals surface area contributed by atoms with Gasteiger partial charge in [0, 0.05) is 27.3 Å². The van der Waals surface area contributed by atoms with Crippen molar-refractivity contribution < 1.29 is 21.1 Å². The second kappa shape index (κ2) is 3.74. The molecule has 0 radical (unpaired) electrons. The predicted octanol–water partition coefficient (Wildman–Crippen LogP) is 1.99. The van der Waals surface area contributed by atoms with Gasteiger partial charge >= 0.3 is 0 Å². The molecule has 0 aliphatic heterocycles. The maximum absolute atomic E-state index is 4.21. The largest absolute Gasteiger partial charge is 0.264 e. The van der Waals surface area contributed by atoms with Crippen LogP contribution >= 0.6 is 0 Å². The van der Waals surface area contributed by atoms with E-state index in [1.165, 1.54) is 10.9 Å². The van der Waals surface area contributed by atoms with Gasteiger partial charge in [-0.25, -0.2) is 0 Å². The number of aromatic nitrogens is 3. The molecule has 3 aromatic rings. The maximum atomic E-state index is 4.21. The van der Waals surface area contributed by atoms with Crippen molar-refractivity contribution in [2.75, 3.05) is 0 Å². The van der Waals surface area contributed by atoms with Crippen LogP contribution in [0.4, 0.5) is 0 Å². The Hall–Kier alpha value is -1.21. The average Bonchev–Trinajstić information content (AvgIpc) is 2.66. The Bertz CT molecular complexity index is 615. The van der Waals surface area contributed by atoms with Crippen LogP contribution in [0.1, 0.15) is 5.56 Å². The van der Waals surface area contributed by atoms with Gasteiger partial charge in [-0.3, -0.25) is 9.50 Å². The molecule has 78 valence electrons. The van der Waals surface area contributed by atoms with E-state index in [0.717, 1.165) is 11.0 Å². The van der Waals surface area contributed by atoms with Crippen molar-refractivity contribution in [3.05, 3.63) is 42.4 Å². The summed E-state index contributed by atoms with van der Waals surface area (Å²) in [6.07, 6.45) is 3.55. The van der Waals surface area contributed by atoms with Crippen LogP contribution in [-0.4, -0.2) is 14.6 Å². The minimum absolute atomic E-state index is 0. The fraction of sp³-hybridized carbons (Fsp3) is 0.0909. The molecule has 0 N–H and O–H groups in total. The molecule has 0 aliphatic rings. The minimum Gasteiger partial charge on any atom is -0.264 e. The number of benzene rings is 1. The third kappa shape index (κ3) is 1.47. The van der Waals surface area contributed by atoms with E-state index in [1.54, 1.807) is 10.8 Å². The summed E-state index contributed by atoms with van der Waals surface area (Å²) in [4.78, 5) is 4.21. The molecule has 2 heterocycles. The first-order chi connectivity index (χ1) is 6.86. The molecule has 4 heteroatoms. The maximum Gasteiger partial charge on any atom is 0.127 e. The molecule has 0 bridgehead atoms. The topological polar surface area (TPSA) is 30.2 Å². The second-order valence-corrected chi connectivity index (χ2v) is 3.30. The third-order valence-electron chi connectivity index (χ3n) is 2.39. The standard InChI is InChI=1S/C11H8N3.Pt/c1-8-6-14-11(12-7-13-14)10-5-3-2-4-9(8)10;/h2-4,6-7H,1H3;/q-1;. The van der Waals surface area contributed by atoms with Gasteiger partial charge in [-0.05, 0) is 6.92 Å². The SMILES string of the molecule is Cc1cn2ncnc2c2[c-]cccc12.[Pt].